The van der Waals surface area contributed by atoms with Crippen LogP contribution in [0.5, 0.6) is 11.5 Å². The highest BCUT2D eigenvalue weighted by Crippen LogP contribution is 2.25. The van der Waals surface area contributed by atoms with Crippen LogP contribution in [0.2, 0.25) is 0 Å². The highest BCUT2D eigenvalue weighted by Gasteiger charge is 2.32. The monoisotopic (exact) mass is 409 g/mol. The Morgan fingerprint density at radius 3 is 2.59 bits per heavy atom. The molecule has 1 saturated heterocycles. The number of ether oxygens (including phenoxy) is 2. The van der Waals surface area contributed by atoms with E-state index in [0.717, 1.165) is 18.6 Å². The lowest BCUT2D eigenvalue weighted by molar-refractivity contribution is -0.274. The second kappa shape index (κ2) is 8.38. The van der Waals surface area contributed by atoms with E-state index < -0.39 is 18.0 Å². The van der Waals surface area contributed by atoms with Gasteiger partial charge in [-0.15, -0.1) is 13.2 Å². The van der Waals surface area contributed by atoms with Gasteiger partial charge in [-0.3, -0.25) is 9.59 Å². The van der Waals surface area contributed by atoms with Crippen molar-refractivity contribution in [1.29, 1.82) is 0 Å². The van der Waals surface area contributed by atoms with Crippen molar-refractivity contribution >= 4 is 11.8 Å². The van der Waals surface area contributed by atoms with Crippen LogP contribution in [0.25, 0.3) is 0 Å². The third kappa shape index (κ3) is 5.15. The van der Waals surface area contributed by atoms with Crippen LogP contribution in [0, 0.1) is 0 Å². The molecule has 1 aliphatic rings. The SMILES string of the molecule is NC(=O)c1ncccc1OC[C@H]1CCCN1C(=O)c1ccc(OC(F)(F)F)cc1. The smallest absolute Gasteiger partial charge is 0.489 e. The first kappa shape index (κ1) is 20.4. The van der Waals surface area contributed by atoms with Crippen molar-refractivity contribution in [3.05, 3.63) is 53.9 Å². The molecular formula is C19H18F3N3O4. The molecule has 2 amide bonds. The van der Waals surface area contributed by atoms with E-state index in [4.69, 9.17) is 10.5 Å². The maximum absolute atomic E-state index is 12.8. The zero-order valence-electron chi connectivity index (χ0n) is 15.2. The van der Waals surface area contributed by atoms with Gasteiger partial charge in [0.1, 0.15) is 12.4 Å². The predicted octanol–water partition coefficient (Wildman–Crippen LogP) is 2.76. The maximum atomic E-state index is 12.8. The molecule has 0 radical (unpaired) electrons. The van der Waals surface area contributed by atoms with Gasteiger partial charge in [0.2, 0.25) is 0 Å². The van der Waals surface area contributed by atoms with Crippen LogP contribution < -0.4 is 15.2 Å². The molecule has 1 aliphatic heterocycles. The van der Waals surface area contributed by atoms with E-state index in [1.165, 1.54) is 18.3 Å². The zero-order chi connectivity index (χ0) is 21.0. The fraction of sp³-hybridized carbons (Fsp3) is 0.316. The molecule has 1 aromatic carbocycles. The molecule has 0 saturated carbocycles. The summed E-state index contributed by atoms with van der Waals surface area (Å²) in [6, 6.07) is 7.67. The minimum Gasteiger partial charge on any atom is -0.489 e. The first-order chi connectivity index (χ1) is 13.7. The molecule has 10 heteroatoms. The Morgan fingerprint density at radius 2 is 1.93 bits per heavy atom. The standard InChI is InChI=1S/C19H18F3N3O4/c20-19(21,22)29-14-7-5-12(6-8-14)18(27)25-10-2-3-13(25)11-28-15-4-1-9-24-16(15)17(23)26/h1,4-9,13H,2-3,10-11H2,(H2,23,26)/t13-/m1/s1. The number of benzene rings is 1. The van der Waals surface area contributed by atoms with Gasteiger partial charge in [-0.25, -0.2) is 4.98 Å². The molecule has 3 rings (SSSR count). The average Bonchev–Trinajstić information content (AvgIpc) is 3.14. The van der Waals surface area contributed by atoms with Crippen LogP contribution in [-0.4, -0.2) is 47.3 Å². The number of rotatable bonds is 6. The van der Waals surface area contributed by atoms with Crippen molar-refractivity contribution in [2.75, 3.05) is 13.2 Å². The number of nitrogens with two attached hydrogens (primary N) is 1. The van der Waals surface area contributed by atoms with Crippen LogP contribution in [0.3, 0.4) is 0 Å². The van der Waals surface area contributed by atoms with Gasteiger partial charge in [0.15, 0.2) is 11.4 Å². The minimum atomic E-state index is -4.79. The van der Waals surface area contributed by atoms with Crippen LogP contribution in [0.1, 0.15) is 33.7 Å². The lowest BCUT2D eigenvalue weighted by atomic mass is 10.1. The van der Waals surface area contributed by atoms with Gasteiger partial charge >= 0.3 is 6.36 Å². The summed E-state index contributed by atoms with van der Waals surface area (Å²) in [5, 5.41) is 0. The molecule has 154 valence electrons. The van der Waals surface area contributed by atoms with Crippen LogP contribution in [0.15, 0.2) is 42.6 Å². The Labute approximate surface area is 164 Å². The number of carbonyl (C=O) groups excluding carboxylic acids is 2. The number of hydrogen-bond acceptors (Lipinski definition) is 5. The quantitative estimate of drug-likeness (QED) is 0.792. The van der Waals surface area contributed by atoms with Crippen molar-refractivity contribution in [2.24, 2.45) is 5.73 Å². The zero-order valence-corrected chi connectivity index (χ0v) is 15.2. The van der Waals surface area contributed by atoms with Gasteiger partial charge in [-0.05, 0) is 49.2 Å². The molecule has 1 atom stereocenters. The molecule has 0 unspecified atom stereocenters. The summed E-state index contributed by atoms with van der Waals surface area (Å²) in [7, 11) is 0. The van der Waals surface area contributed by atoms with E-state index in [-0.39, 0.29) is 35.6 Å². The highest BCUT2D eigenvalue weighted by atomic mass is 19.4. The normalized spacial score (nSPS) is 16.5. The molecule has 2 aromatic rings. The highest BCUT2D eigenvalue weighted by molar-refractivity contribution is 5.95. The first-order valence-electron chi connectivity index (χ1n) is 8.79. The van der Waals surface area contributed by atoms with E-state index >= 15 is 0 Å². The minimum absolute atomic E-state index is 0.00336. The fourth-order valence-electron chi connectivity index (χ4n) is 3.12. The predicted molar refractivity (Wildman–Crippen MR) is 95.4 cm³/mol. The number of alkyl halides is 3. The van der Waals surface area contributed by atoms with Gasteiger partial charge < -0.3 is 20.1 Å². The summed E-state index contributed by atoms with van der Waals surface area (Å²) in [6.45, 7) is 0.621. The number of aromatic nitrogens is 1. The Bertz CT molecular complexity index is 887. The number of likely N-dealkylation sites (tertiary alicyclic amines) is 1. The number of hydrogen-bond donors (Lipinski definition) is 1. The summed E-state index contributed by atoms with van der Waals surface area (Å²) in [5.41, 5.74) is 5.52. The summed E-state index contributed by atoms with van der Waals surface area (Å²) >= 11 is 0. The largest absolute Gasteiger partial charge is 0.573 e. The maximum Gasteiger partial charge on any atom is 0.573 e. The first-order valence-corrected chi connectivity index (χ1v) is 8.79. The summed E-state index contributed by atoms with van der Waals surface area (Å²) in [5.74, 6) is -1.21. The van der Waals surface area contributed by atoms with Gasteiger partial charge in [-0.1, -0.05) is 0 Å². The van der Waals surface area contributed by atoms with Crippen LogP contribution in [0.4, 0.5) is 13.2 Å². The van der Waals surface area contributed by atoms with E-state index in [1.807, 2.05) is 0 Å². The molecule has 1 fully saturated rings. The Balaban J connectivity index is 1.66. The molecule has 29 heavy (non-hydrogen) atoms. The van der Waals surface area contributed by atoms with Gasteiger partial charge in [-0.2, -0.15) is 0 Å². The number of pyridine rings is 1. The van der Waals surface area contributed by atoms with E-state index in [2.05, 4.69) is 9.72 Å². The second-order valence-corrected chi connectivity index (χ2v) is 6.39. The molecule has 0 spiro atoms. The number of amides is 2. The third-order valence-electron chi connectivity index (χ3n) is 4.41. The molecule has 1 aromatic heterocycles. The van der Waals surface area contributed by atoms with Gasteiger partial charge in [0, 0.05) is 18.3 Å². The molecule has 0 aliphatic carbocycles. The summed E-state index contributed by atoms with van der Waals surface area (Å²) in [6.07, 6.45) is -1.93. The molecule has 7 nitrogen and oxygen atoms in total. The lowest BCUT2D eigenvalue weighted by Crippen LogP contribution is -2.39. The molecule has 2 N–H and O–H groups in total. The van der Waals surface area contributed by atoms with Crippen molar-refractivity contribution < 1.29 is 32.2 Å². The van der Waals surface area contributed by atoms with Gasteiger partial charge in [0.25, 0.3) is 11.8 Å². The topological polar surface area (TPSA) is 94.8 Å². The Morgan fingerprint density at radius 1 is 1.21 bits per heavy atom. The van der Waals surface area contributed by atoms with Gasteiger partial charge in [0.05, 0.1) is 6.04 Å². The van der Waals surface area contributed by atoms with E-state index in [9.17, 15) is 22.8 Å². The van der Waals surface area contributed by atoms with E-state index in [0.29, 0.717) is 13.0 Å². The molecule has 0 bridgehead atoms. The van der Waals surface area contributed by atoms with Crippen LogP contribution >= 0.6 is 0 Å². The summed E-state index contributed by atoms with van der Waals surface area (Å²) < 4.78 is 46.3. The number of nitrogens with zero attached hydrogens (tertiary/aromatic N) is 2. The Hall–Kier alpha value is -3.30. The van der Waals surface area contributed by atoms with Crippen molar-refractivity contribution in [2.45, 2.75) is 25.2 Å². The average molecular weight is 409 g/mol. The van der Waals surface area contributed by atoms with Crippen LogP contribution in [-0.2, 0) is 0 Å². The number of halogens is 3. The van der Waals surface area contributed by atoms with E-state index in [1.54, 1.807) is 17.0 Å². The number of primary amides is 1. The van der Waals surface area contributed by atoms with Crippen molar-refractivity contribution in [3.8, 4) is 11.5 Å². The Kier molecular flexibility index (Phi) is 5.90. The third-order valence-corrected chi connectivity index (χ3v) is 4.41. The fourth-order valence-corrected chi connectivity index (χ4v) is 3.12. The molecule has 2 heterocycles. The van der Waals surface area contributed by atoms with Crippen molar-refractivity contribution in [1.82, 2.24) is 9.88 Å². The second-order valence-electron chi connectivity index (χ2n) is 6.39. The summed E-state index contributed by atoms with van der Waals surface area (Å²) in [4.78, 5) is 29.7. The lowest BCUT2D eigenvalue weighted by Gasteiger charge is -2.25. The molecular weight excluding hydrogens is 391 g/mol. The number of carbonyl (C=O) groups is 2. The van der Waals surface area contributed by atoms with Crippen molar-refractivity contribution in [3.63, 3.8) is 0 Å².